The lowest BCUT2D eigenvalue weighted by molar-refractivity contribution is -0.0571. The number of fused-ring (bicyclic) bond motifs is 5. The molecule has 0 saturated heterocycles. The van der Waals surface area contributed by atoms with E-state index in [9.17, 15) is 5.11 Å². The van der Waals surface area contributed by atoms with Gasteiger partial charge in [-0.15, -0.1) is 0 Å². The van der Waals surface area contributed by atoms with E-state index in [1.165, 1.54) is 63.4 Å². The first-order chi connectivity index (χ1) is 14.2. The first kappa shape index (κ1) is 22.6. The topological polar surface area (TPSA) is 20.2 Å². The van der Waals surface area contributed by atoms with E-state index in [1.54, 1.807) is 5.57 Å². The second-order valence-corrected chi connectivity index (χ2v) is 12.4. The fraction of sp³-hybridized carbons (Fsp3) is 0.862. The summed E-state index contributed by atoms with van der Waals surface area (Å²) in [5.41, 5.74) is 4.01. The Balaban J connectivity index is 1.47. The van der Waals surface area contributed by atoms with E-state index in [1.807, 2.05) is 0 Å². The fourth-order valence-corrected chi connectivity index (χ4v) is 8.77. The zero-order valence-electron chi connectivity index (χ0n) is 20.6. The van der Waals surface area contributed by atoms with Crippen molar-refractivity contribution >= 4 is 0 Å². The molecule has 1 nitrogen and oxygen atoms in total. The Morgan fingerprint density at radius 3 is 2.63 bits per heavy atom. The zero-order valence-corrected chi connectivity index (χ0v) is 20.6. The minimum atomic E-state index is -0.0865. The van der Waals surface area contributed by atoms with Crippen LogP contribution < -0.4 is 0 Å². The predicted octanol–water partition coefficient (Wildman–Crippen LogP) is 7.94. The average molecular weight is 413 g/mol. The van der Waals surface area contributed by atoms with Crippen LogP contribution in [0.1, 0.15) is 105 Å². The van der Waals surface area contributed by atoms with Crippen molar-refractivity contribution in [3.8, 4) is 0 Å². The van der Waals surface area contributed by atoms with Crippen LogP contribution in [0.15, 0.2) is 23.8 Å². The van der Waals surface area contributed by atoms with Crippen molar-refractivity contribution in [1.29, 1.82) is 0 Å². The van der Waals surface area contributed by atoms with Crippen LogP contribution in [0.5, 0.6) is 0 Å². The number of rotatable bonds is 6. The van der Waals surface area contributed by atoms with E-state index in [-0.39, 0.29) is 6.10 Å². The molecule has 1 N–H and O–H groups in total. The largest absolute Gasteiger partial charge is 0.393 e. The molecule has 0 spiro atoms. The molecule has 0 aromatic carbocycles. The second kappa shape index (κ2) is 8.42. The summed E-state index contributed by atoms with van der Waals surface area (Å²) in [6.45, 7) is 16.8. The Kier molecular flexibility index (Phi) is 6.35. The summed E-state index contributed by atoms with van der Waals surface area (Å²) >= 11 is 0. The lowest BCUT2D eigenvalue weighted by Crippen LogP contribution is -2.50. The molecule has 9 atom stereocenters. The summed E-state index contributed by atoms with van der Waals surface area (Å²) in [6.07, 6.45) is 16.5. The van der Waals surface area contributed by atoms with Crippen LogP contribution in [0, 0.1) is 46.3 Å². The molecule has 0 radical (unpaired) electrons. The molecular weight excluding hydrogens is 364 g/mol. The maximum atomic E-state index is 10.2. The highest BCUT2D eigenvalue weighted by molar-refractivity contribution is 5.25. The van der Waals surface area contributed by atoms with Gasteiger partial charge in [0.25, 0.3) is 0 Å². The van der Waals surface area contributed by atoms with Gasteiger partial charge in [0.15, 0.2) is 0 Å². The molecule has 0 bridgehead atoms. The minimum absolute atomic E-state index is 0.0865. The summed E-state index contributed by atoms with van der Waals surface area (Å²) < 4.78 is 0. The lowest BCUT2D eigenvalue weighted by atomic mass is 9.47. The monoisotopic (exact) mass is 412 g/mol. The van der Waals surface area contributed by atoms with Crippen molar-refractivity contribution in [1.82, 2.24) is 0 Å². The van der Waals surface area contributed by atoms with Gasteiger partial charge in [-0.25, -0.2) is 0 Å². The number of hydrogen-bond donors (Lipinski definition) is 1. The highest BCUT2D eigenvalue weighted by atomic mass is 16.3. The van der Waals surface area contributed by atoms with Crippen molar-refractivity contribution in [3.05, 3.63) is 23.8 Å². The van der Waals surface area contributed by atoms with Crippen LogP contribution in [0.4, 0.5) is 0 Å². The number of aliphatic hydroxyl groups excluding tert-OH is 1. The van der Waals surface area contributed by atoms with Crippen molar-refractivity contribution < 1.29 is 5.11 Å². The van der Waals surface area contributed by atoms with Crippen molar-refractivity contribution in [2.75, 3.05) is 0 Å². The molecule has 0 unspecified atom stereocenters. The molecule has 4 rings (SSSR count). The van der Waals surface area contributed by atoms with Gasteiger partial charge in [-0.1, -0.05) is 58.4 Å². The average Bonchev–Trinajstić information content (AvgIpc) is 3.09. The standard InChI is InChI=1S/C29H48O/c1-7-19(2)20(3)8-9-21(4)25-12-13-26-24-11-10-22-18-23(30)14-16-28(22,5)27(24)15-17-29(25,26)6/h10,19,21,23-27,30H,3,7-9,11-18H2,1-2,4-6H3/t19-,21-,23+,24+,25-,26+,27+,28+,29-/m1/s1. The highest BCUT2D eigenvalue weighted by Gasteiger charge is 2.59. The van der Waals surface area contributed by atoms with Gasteiger partial charge in [0, 0.05) is 0 Å². The van der Waals surface area contributed by atoms with Crippen molar-refractivity contribution in [3.63, 3.8) is 0 Å². The van der Waals surface area contributed by atoms with Crippen molar-refractivity contribution in [2.45, 2.75) is 111 Å². The third-order valence-electron chi connectivity index (χ3n) is 11.1. The SMILES string of the molecule is C=C(CC[C@@H](C)[C@H]1CC[C@H]2[C@@H]3CC=C4C[C@@H](O)CC[C@]4(C)[C@H]3CC[C@]12C)[C@H](C)CC. The summed E-state index contributed by atoms with van der Waals surface area (Å²) in [4.78, 5) is 0. The molecular formula is C29H48O. The predicted molar refractivity (Wildman–Crippen MR) is 128 cm³/mol. The Morgan fingerprint density at radius 2 is 1.90 bits per heavy atom. The lowest BCUT2D eigenvalue weighted by Gasteiger charge is -2.58. The molecule has 0 heterocycles. The molecule has 0 aromatic heterocycles. The summed E-state index contributed by atoms with van der Waals surface area (Å²) in [5.74, 6) is 5.08. The van der Waals surface area contributed by atoms with E-state index in [4.69, 9.17) is 0 Å². The summed E-state index contributed by atoms with van der Waals surface area (Å²) in [7, 11) is 0. The number of aliphatic hydroxyl groups is 1. The molecule has 4 aliphatic rings. The van der Waals surface area contributed by atoms with Gasteiger partial charge in [0.2, 0.25) is 0 Å². The smallest absolute Gasteiger partial charge is 0.0577 e. The van der Waals surface area contributed by atoms with Crippen LogP contribution in [0.3, 0.4) is 0 Å². The maximum absolute atomic E-state index is 10.2. The molecule has 4 aliphatic carbocycles. The van der Waals surface area contributed by atoms with E-state index in [0.29, 0.717) is 16.7 Å². The molecule has 0 amide bonds. The van der Waals surface area contributed by atoms with Gasteiger partial charge in [-0.3, -0.25) is 0 Å². The van der Waals surface area contributed by atoms with Gasteiger partial charge < -0.3 is 5.11 Å². The molecule has 1 heteroatoms. The van der Waals surface area contributed by atoms with Gasteiger partial charge in [0.05, 0.1) is 6.10 Å². The molecule has 0 aliphatic heterocycles. The van der Waals surface area contributed by atoms with E-state index < -0.39 is 0 Å². The first-order valence-electron chi connectivity index (χ1n) is 13.3. The number of hydrogen-bond acceptors (Lipinski definition) is 1. The van der Waals surface area contributed by atoms with Gasteiger partial charge in [-0.05, 0) is 117 Å². The van der Waals surface area contributed by atoms with Crippen LogP contribution in [-0.4, -0.2) is 11.2 Å². The number of allylic oxidation sites excluding steroid dienone is 2. The van der Waals surface area contributed by atoms with Gasteiger partial charge >= 0.3 is 0 Å². The van der Waals surface area contributed by atoms with Crippen LogP contribution >= 0.6 is 0 Å². The molecule has 3 saturated carbocycles. The molecule has 3 fully saturated rings. The van der Waals surface area contributed by atoms with E-state index >= 15 is 0 Å². The molecule has 0 aromatic rings. The minimum Gasteiger partial charge on any atom is -0.393 e. The molecule has 170 valence electrons. The third kappa shape index (κ3) is 3.66. The maximum Gasteiger partial charge on any atom is 0.0577 e. The normalized spacial score (nSPS) is 45.0. The summed E-state index contributed by atoms with van der Waals surface area (Å²) in [5, 5.41) is 10.2. The molecule has 30 heavy (non-hydrogen) atoms. The fourth-order valence-electron chi connectivity index (χ4n) is 8.77. The van der Waals surface area contributed by atoms with Crippen LogP contribution in [0.2, 0.25) is 0 Å². The van der Waals surface area contributed by atoms with Crippen LogP contribution in [0.25, 0.3) is 0 Å². The Bertz CT molecular complexity index is 676. The van der Waals surface area contributed by atoms with Gasteiger partial charge in [0.1, 0.15) is 0 Å². The first-order valence-corrected chi connectivity index (χ1v) is 13.3. The second-order valence-electron chi connectivity index (χ2n) is 12.4. The van der Waals surface area contributed by atoms with Crippen molar-refractivity contribution in [2.24, 2.45) is 46.3 Å². The third-order valence-corrected chi connectivity index (χ3v) is 11.1. The Morgan fingerprint density at radius 1 is 1.13 bits per heavy atom. The summed E-state index contributed by atoms with van der Waals surface area (Å²) in [6, 6.07) is 0. The Labute approximate surface area is 186 Å². The highest BCUT2D eigenvalue weighted by Crippen LogP contribution is 2.67. The van der Waals surface area contributed by atoms with Crippen LogP contribution in [-0.2, 0) is 0 Å². The Hall–Kier alpha value is -0.560. The van der Waals surface area contributed by atoms with E-state index in [2.05, 4.69) is 47.3 Å². The zero-order chi connectivity index (χ0) is 21.7. The quantitative estimate of drug-likeness (QED) is 0.439. The van der Waals surface area contributed by atoms with E-state index in [0.717, 1.165) is 42.4 Å². The van der Waals surface area contributed by atoms with Gasteiger partial charge in [-0.2, -0.15) is 0 Å².